The Labute approximate surface area is 203 Å². The van der Waals surface area contributed by atoms with Gasteiger partial charge in [0, 0.05) is 19.2 Å². The lowest BCUT2D eigenvalue weighted by Crippen LogP contribution is -2.07. The minimum absolute atomic E-state index is 0.111. The molecule has 0 heterocycles. The van der Waals surface area contributed by atoms with E-state index >= 15 is 0 Å². The predicted octanol–water partition coefficient (Wildman–Crippen LogP) is 6.06. The highest BCUT2D eigenvalue weighted by molar-refractivity contribution is 8.03. The van der Waals surface area contributed by atoms with E-state index in [-0.39, 0.29) is 22.2 Å². The van der Waals surface area contributed by atoms with Crippen LogP contribution in [-0.4, -0.2) is 15.8 Å². The maximum atomic E-state index is 11.7. The van der Waals surface area contributed by atoms with Crippen molar-refractivity contribution in [3.8, 4) is 5.40 Å². The number of carbonyl (C=O) groups excluding carboxylic acids is 1. The molecule has 0 saturated heterocycles. The topological polar surface area (TPSA) is 176 Å². The van der Waals surface area contributed by atoms with Gasteiger partial charge in [-0.1, -0.05) is 30.3 Å². The summed E-state index contributed by atoms with van der Waals surface area (Å²) < 4.78 is 0. The third-order valence-corrected chi connectivity index (χ3v) is 5.16. The predicted molar refractivity (Wildman–Crippen MR) is 130 cm³/mol. The van der Waals surface area contributed by atoms with Crippen molar-refractivity contribution in [1.29, 1.82) is 5.26 Å². The molecule has 1 amide bonds. The maximum absolute atomic E-state index is 11.7. The molecule has 0 atom stereocenters. The Morgan fingerprint density at radius 3 is 2.31 bits per heavy atom. The van der Waals surface area contributed by atoms with Crippen LogP contribution >= 0.6 is 11.8 Å². The molecule has 3 aromatic carbocycles. The zero-order valence-corrected chi connectivity index (χ0v) is 19.0. The van der Waals surface area contributed by atoms with Crippen molar-refractivity contribution >= 4 is 51.8 Å². The molecule has 35 heavy (non-hydrogen) atoms. The van der Waals surface area contributed by atoms with E-state index in [9.17, 15) is 25.0 Å². The van der Waals surface area contributed by atoms with Crippen molar-refractivity contribution in [2.45, 2.75) is 18.4 Å². The number of nitriles is 1. The number of rotatable bonds is 9. The lowest BCUT2D eigenvalue weighted by Gasteiger charge is -2.11. The van der Waals surface area contributed by atoms with Gasteiger partial charge in [0.25, 0.3) is 5.69 Å². The molecular formula is C22H17N7O5S. The van der Waals surface area contributed by atoms with Crippen LogP contribution in [0.2, 0.25) is 0 Å². The fourth-order valence-electron chi connectivity index (χ4n) is 2.98. The van der Waals surface area contributed by atoms with Crippen LogP contribution in [0.5, 0.6) is 0 Å². The zero-order chi connectivity index (χ0) is 25.4. The lowest BCUT2D eigenvalue weighted by atomic mass is 10.2. The summed E-state index contributed by atoms with van der Waals surface area (Å²) >= 11 is 0.478. The highest BCUT2D eigenvalue weighted by Crippen LogP contribution is 2.40. The summed E-state index contributed by atoms with van der Waals surface area (Å²) in [5.41, 5.74) is 0.723. The van der Waals surface area contributed by atoms with Crippen molar-refractivity contribution in [3.05, 3.63) is 86.5 Å². The Kier molecular flexibility index (Phi) is 8.04. The summed E-state index contributed by atoms with van der Waals surface area (Å²) in [6, 6.07) is 16.4. The molecule has 0 saturated carbocycles. The molecule has 0 aliphatic carbocycles. The normalized spacial score (nSPS) is 10.5. The molecule has 0 aliphatic heterocycles. The number of thiocyanates is 1. The summed E-state index contributed by atoms with van der Waals surface area (Å²) in [6.45, 7) is 1.85. The second kappa shape index (κ2) is 11.3. The quantitative estimate of drug-likeness (QED) is 0.119. The average molecular weight is 491 g/mol. The monoisotopic (exact) mass is 491 g/mol. The number of nitrogens with zero attached hydrogens (tertiary/aromatic N) is 5. The number of nitrogens with one attached hydrogen (secondary N) is 2. The van der Waals surface area contributed by atoms with E-state index in [1.807, 2.05) is 30.3 Å². The largest absolute Gasteiger partial charge is 0.381 e. The summed E-state index contributed by atoms with van der Waals surface area (Å²) in [5, 5.41) is 47.1. The fourth-order valence-corrected chi connectivity index (χ4v) is 3.48. The highest BCUT2D eigenvalue weighted by atomic mass is 32.2. The smallest absolute Gasteiger partial charge is 0.303 e. The summed E-state index contributed by atoms with van der Waals surface area (Å²) in [7, 11) is 0. The van der Waals surface area contributed by atoms with Crippen LogP contribution in [-0.2, 0) is 11.3 Å². The van der Waals surface area contributed by atoms with E-state index in [0.29, 0.717) is 29.7 Å². The van der Waals surface area contributed by atoms with Gasteiger partial charge in [-0.3, -0.25) is 25.0 Å². The first-order chi connectivity index (χ1) is 16.8. The van der Waals surface area contributed by atoms with Gasteiger partial charge in [0.2, 0.25) is 5.91 Å². The Bertz CT molecular complexity index is 1360. The molecule has 0 unspecified atom stereocenters. The Balaban J connectivity index is 1.96. The number of carbonyl (C=O) groups is 1. The second-order valence-corrected chi connectivity index (χ2v) is 7.80. The molecule has 0 aliphatic rings. The van der Waals surface area contributed by atoms with Gasteiger partial charge in [0.1, 0.15) is 16.0 Å². The zero-order valence-electron chi connectivity index (χ0n) is 18.2. The van der Waals surface area contributed by atoms with Crippen LogP contribution < -0.4 is 10.6 Å². The Morgan fingerprint density at radius 2 is 1.69 bits per heavy atom. The van der Waals surface area contributed by atoms with Gasteiger partial charge in [-0.05, 0) is 41.6 Å². The Hall–Kier alpha value is -4.83. The van der Waals surface area contributed by atoms with Gasteiger partial charge in [-0.2, -0.15) is 5.26 Å². The van der Waals surface area contributed by atoms with Gasteiger partial charge in [-0.25, -0.2) is 0 Å². The maximum Gasteiger partial charge on any atom is 0.303 e. The second-order valence-electron chi connectivity index (χ2n) is 6.97. The van der Waals surface area contributed by atoms with Gasteiger partial charge in [-0.15, -0.1) is 10.2 Å². The number of hydrogen-bond donors (Lipinski definition) is 2. The van der Waals surface area contributed by atoms with Crippen molar-refractivity contribution in [2.75, 3.05) is 10.6 Å². The number of nitro benzene ring substituents is 2. The van der Waals surface area contributed by atoms with Crippen LogP contribution in [0.4, 0.5) is 34.1 Å². The molecule has 0 fully saturated rings. The van der Waals surface area contributed by atoms with Crippen LogP contribution in [0, 0.1) is 30.9 Å². The molecule has 176 valence electrons. The molecule has 0 bridgehead atoms. The van der Waals surface area contributed by atoms with Crippen molar-refractivity contribution in [1.82, 2.24) is 0 Å². The fraction of sp³-hybridized carbons (Fsp3) is 0.0909. The van der Waals surface area contributed by atoms with Gasteiger partial charge in [0.05, 0.1) is 21.6 Å². The Morgan fingerprint density at radius 1 is 1.00 bits per heavy atom. The molecule has 13 heteroatoms. The summed E-state index contributed by atoms with van der Waals surface area (Å²) in [6.07, 6.45) is 0. The number of nitro groups is 2. The number of amides is 1. The highest BCUT2D eigenvalue weighted by Gasteiger charge is 2.25. The van der Waals surface area contributed by atoms with Crippen molar-refractivity contribution in [3.63, 3.8) is 0 Å². The van der Waals surface area contributed by atoms with Gasteiger partial charge in [0.15, 0.2) is 5.69 Å². The van der Waals surface area contributed by atoms with E-state index in [0.717, 1.165) is 17.7 Å². The molecule has 0 radical (unpaired) electrons. The van der Waals surface area contributed by atoms with E-state index in [2.05, 4.69) is 20.9 Å². The number of hydrogen-bond acceptors (Lipinski definition) is 10. The van der Waals surface area contributed by atoms with Crippen LogP contribution in [0.15, 0.2) is 75.8 Å². The van der Waals surface area contributed by atoms with Crippen molar-refractivity contribution in [2.24, 2.45) is 10.2 Å². The van der Waals surface area contributed by atoms with Crippen LogP contribution in [0.1, 0.15) is 12.5 Å². The molecule has 0 aromatic heterocycles. The first kappa shape index (κ1) is 24.8. The number of thioether (sulfide) groups is 1. The van der Waals surface area contributed by atoms with Gasteiger partial charge >= 0.3 is 5.69 Å². The number of azo groups is 1. The first-order valence-corrected chi connectivity index (χ1v) is 10.7. The SMILES string of the molecule is CC(=O)Nc1cc(NCc2ccccc2)ccc1N=Nc1cc(SC#N)c([N+](=O)[O-])cc1[N+](=O)[O-]. The third-order valence-electron chi connectivity index (χ3n) is 4.52. The van der Waals surface area contributed by atoms with E-state index < -0.39 is 21.2 Å². The van der Waals surface area contributed by atoms with E-state index in [1.165, 1.54) is 6.92 Å². The average Bonchev–Trinajstić information content (AvgIpc) is 2.82. The van der Waals surface area contributed by atoms with Crippen LogP contribution in [0.25, 0.3) is 0 Å². The number of anilines is 2. The molecule has 3 aromatic rings. The summed E-state index contributed by atoms with van der Waals surface area (Å²) in [4.78, 5) is 32.7. The molecule has 12 nitrogen and oxygen atoms in total. The third kappa shape index (κ3) is 6.59. The summed E-state index contributed by atoms with van der Waals surface area (Å²) in [5.74, 6) is -0.365. The first-order valence-electron chi connectivity index (χ1n) is 9.92. The van der Waals surface area contributed by atoms with E-state index in [4.69, 9.17) is 5.26 Å². The standard InChI is InChI=1S/C22H17N7O5S/c1-14(30)25-18-9-16(24-12-15-5-3-2-4-6-15)7-8-17(18)26-27-19-10-22(35-13-23)21(29(33)34)11-20(19)28(31)32/h2-11,24H,12H2,1H3,(H,25,30). The number of benzene rings is 3. The van der Waals surface area contributed by atoms with Gasteiger partial charge < -0.3 is 10.6 Å². The molecule has 3 rings (SSSR count). The molecule has 0 spiro atoms. The minimum Gasteiger partial charge on any atom is -0.381 e. The van der Waals surface area contributed by atoms with Crippen molar-refractivity contribution < 1.29 is 14.6 Å². The molecular weight excluding hydrogens is 474 g/mol. The van der Waals surface area contributed by atoms with Crippen LogP contribution in [0.3, 0.4) is 0 Å². The minimum atomic E-state index is -0.826. The lowest BCUT2D eigenvalue weighted by molar-refractivity contribution is -0.395. The van der Waals surface area contributed by atoms with E-state index in [1.54, 1.807) is 23.6 Å². The molecule has 2 N–H and O–H groups in total.